The summed E-state index contributed by atoms with van der Waals surface area (Å²) in [5, 5.41) is 8.46. The van der Waals surface area contributed by atoms with Crippen LogP contribution in [0, 0.1) is 11.8 Å². The first kappa shape index (κ1) is 24.8. The van der Waals surface area contributed by atoms with Crippen molar-refractivity contribution in [2.24, 2.45) is 23.9 Å². The predicted molar refractivity (Wildman–Crippen MR) is 126 cm³/mol. The number of aryl methyl sites for hydroxylation is 1. The van der Waals surface area contributed by atoms with E-state index in [1.807, 2.05) is 6.21 Å². The number of hydrogen-bond acceptors (Lipinski definition) is 7. The molecular formula is C23H32F2N6O2S. The van der Waals surface area contributed by atoms with E-state index in [1.165, 1.54) is 40.3 Å². The lowest BCUT2D eigenvalue weighted by Crippen LogP contribution is -2.29. The number of carbonyl (C=O) groups is 1. The van der Waals surface area contributed by atoms with Gasteiger partial charge in [0.15, 0.2) is 6.61 Å². The number of hydrogen-bond donors (Lipinski definition) is 0. The van der Waals surface area contributed by atoms with Crippen molar-refractivity contribution >= 4 is 23.5 Å². The average Bonchev–Trinajstić information content (AvgIpc) is 3.36. The van der Waals surface area contributed by atoms with Gasteiger partial charge in [0, 0.05) is 37.6 Å². The third-order valence-corrected chi connectivity index (χ3v) is 7.63. The van der Waals surface area contributed by atoms with E-state index in [-0.39, 0.29) is 12.3 Å². The first-order chi connectivity index (χ1) is 16.4. The lowest BCUT2D eigenvalue weighted by molar-refractivity contribution is -0.117. The van der Waals surface area contributed by atoms with Crippen LogP contribution in [0.15, 0.2) is 11.2 Å². The van der Waals surface area contributed by atoms with Crippen molar-refractivity contribution in [3.63, 3.8) is 0 Å². The van der Waals surface area contributed by atoms with E-state index in [0.717, 1.165) is 51.0 Å². The van der Waals surface area contributed by atoms with Gasteiger partial charge in [-0.25, -0.2) is 18.8 Å². The van der Waals surface area contributed by atoms with Crippen LogP contribution in [0.4, 0.5) is 8.78 Å². The van der Waals surface area contributed by atoms with Gasteiger partial charge in [0.05, 0.1) is 24.0 Å². The summed E-state index contributed by atoms with van der Waals surface area (Å²) in [6.45, 7) is 2.40. The summed E-state index contributed by atoms with van der Waals surface area (Å²) < 4.78 is 29.8. The Bertz CT molecular complexity index is 945. The van der Waals surface area contributed by atoms with Gasteiger partial charge in [-0.1, -0.05) is 11.3 Å². The zero-order valence-corrected chi connectivity index (χ0v) is 20.4. The highest BCUT2D eigenvalue weighted by molar-refractivity contribution is 7.13. The van der Waals surface area contributed by atoms with E-state index in [4.69, 9.17) is 4.74 Å². The average molecular weight is 495 g/mol. The molecule has 1 fully saturated rings. The van der Waals surface area contributed by atoms with Gasteiger partial charge < -0.3 is 9.64 Å². The fourth-order valence-corrected chi connectivity index (χ4v) is 5.61. The fraction of sp³-hybridized carbons (Fsp3) is 0.696. The van der Waals surface area contributed by atoms with Crippen LogP contribution in [0.3, 0.4) is 0 Å². The molecule has 1 amide bonds. The van der Waals surface area contributed by atoms with Crippen LogP contribution in [0.25, 0.3) is 0 Å². The summed E-state index contributed by atoms with van der Waals surface area (Å²) >= 11 is 1.41. The van der Waals surface area contributed by atoms with E-state index in [1.54, 1.807) is 13.2 Å². The summed E-state index contributed by atoms with van der Waals surface area (Å²) in [6.07, 6.45) is 8.58. The molecule has 1 saturated carbocycles. The van der Waals surface area contributed by atoms with Crippen LogP contribution in [0.5, 0.6) is 5.19 Å². The number of aliphatic imine (C=N–C) groups is 1. The summed E-state index contributed by atoms with van der Waals surface area (Å²) in [7, 11) is 1.73. The van der Waals surface area contributed by atoms with E-state index >= 15 is 0 Å². The Balaban J connectivity index is 1.13. The van der Waals surface area contributed by atoms with Crippen LogP contribution < -0.4 is 4.74 Å². The third kappa shape index (κ3) is 7.36. The molecule has 0 aromatic carbocycles. The fourth-order valence-electron chi connectivity index (χ4n) is 4.65. The molecule has 0 atom stereocenters. The van der Waals surface area contributed by atoms with Gasteiger partial charge in [-0.2, -0.15) is 15.0 Å². The molecule has 2 aliphatic rings. The highest BCUT2D eigenvalue weighted by Crippen LogP contribution is 2.31. The summed E-state index contributed by atoms with van der Waals surface area (Å²) in [5.74, 6) is 0.924. The Morgan fingerprint density at radius 3 is 2.82 bits per heavy atom. The van der Waals surface area contributed by atoms with Gasteiger partial charge in [0.2, 0.25) is 0 Å². The molecule has 0 bridgehead atoms. The zero-order chi connectivity index (χ0) is 23.9. The van der Waals surface area contributed by atoms with Crippen molar-refractivity contribution in [3.05, 3.63) is 22.5 Å². The lowest BCUT2D eigenvalue weighted by atomic mass is 9.81. The molecule has 1 aliphatic heterocycles. The largest absolute Gasteiger partial charge is 0.464 e. The quantitative estimate of drug-likeness (QED) is 0.497. The van der Waals surface area contributed by atoms with Crippen LogP contribution in [-0.4, -0.2) is 69.7 Å². The van der Waals surface area contributed by atoms with Crippen molar-refractivity contribution in [1.29, 1.82) is 0 Å². The molecule has 8 nitrogen and oxygen atoms in total. The highest BCUT2D eigenvalue weighted by atomic mass is 32.1. The van der Waals surface area contributed by atoms with Crippen molar-refractivity contribution in [2.75, 3.05) is 26.2 Å². The van der Waals surface area contributed by atoms with Crippen LogP contribution in [0.1, 0.15) is 48.4 Å². The molecule has 11 heteroatoms. The molecule has 2 aromatic heterocycles. The number of ether oxygens (including phenoxy) is 1. The number of thiazole rings is 1. The van der Waals surface area contributed by atoms with Gasteiger partial charge in [-0.05, 0) is 56.9 Å². The number of amides is 1. The number of carbonyl (C=O) groups excluding carboxylic acids is 1. The second-order valence-corrected chi connectivity index (χ2v) is 10.2. The van der Waals surface area contributed by atoms with Gasteiger partial charge >= 0.3 is 0 Å². The Hall–Kier alpha value is -2.27. The molecular weight excluding hydrogens is 462 g/mol. The van der Waals surface area contributed by atoms with Gasteiger partial charge in [-0.3, -0.25) is 4.79 Å². The smallest absolute Gasteiger partial charge is 0.273 e. The normalized spacial score (nSPS) is 21.6. The SMILES string of the molecule is Cn1ncc(CC(=O)/N=C/C2CCC(CCN3CCc4nc(OCC(F)F)sc4CC3)CC2)n1. The topological polar surface area (TPSA) is 85.5 Å². The van der Waals surface area contributed by atoms with Gasteiger partial charge in [-0.15, -0.1) is 0 Å². The predicted octanol–water partition coefficient (Wildman–Crippen LogP) is 3.35. The maximum absolute atomic E-state index is 12.3. The van der Waals surface area contributed by atoms with Crippen LogP contribution >= 0.6 is 11.3 Å². The summed E-state index contributed by atoms with van der Waals surface area (Å²) in [4.78, 5) is 25.7. The molecule has 0 radical (unpaired) electrons. The molecule has 1 aliphatic carbocycles. The molecule has 3 heterocycles. The standard InChI is InChI=1S/C23H32F2N6O2S/c1-30-27-14-18(29-30)12-22(32)26-13-17-4-2-16(3-5-17)6-9-31-10-7-19-20(8-11-31)34-23(28-19)33-15-21(24)25/h13-14,16-17,21H,2-12,15H2,1H3/b26-13+. The minimum absolute atomic E-state index is 0.167. The van der Waals surface area contributed by atoms with Crippen molar-refractivity contribution < 1.29 is 18.3 Å². The summed E-state index contributed by atoms with van der Waals surface area (Å²) in [5.41, 5.74) is 1.65. The molecule has 34 heavy (non-hydrogen) atoms. The molecule has 0 saturated heterocycles. The van der Waals surface area contributed by atoms with E-state index in [2.05, 4.69) is 25.1 Å². The van der Waals surface area contributed by atoms with Crippen molar-refractivity contribution in [1.82, 2.24) is 24.9 Å². The number of alkyl halides is 2. The molecule has 0 spiro atoms. The van der Waals surface area contributed by atoms with Crippen LogP contribution in [-0.2, 0) is 31.1 Å². The lowest BCUT2D eigenvalue weighted by Gasteiger charge is -2.28. The molecule has 186 valence electrons. The van der Waals surface area contributed by atoms with E-state index < -0.39 is 13.0 Å². The number of aromatic nitrogens is 4. The molecule has 0 unspecified atom stereocenters. The zero-order valence-electron chi connectivity index (χ0n) is 19.5. The van der Waals surface area contributed by atoms with E-state index in [9.17, 15) is 13.6 Å². The number of nitrogens with zero attached hydrogens (tertiary/aromatic N) is 6. The van der Waals surface area contributed by atoms with Crippen molar-refractivity contribution in [3.8, 4) is 5.19 Å². The number of rotatable bonds is 9. The number of fused-ring (bicyclic) bond motifs is 1. The van der Waals surface area contributed by atoms with Gasteiger partial charge in [0.1, 0.15) is 0 Å². The molecule has 4 rings (SSSR count). The van der Waals surface area contributed by atoms with Crippen LogP contribution in [0.2, 0.25) is 0 Å². The highest BCUT2D eigenvalue weighted by Gasteiger charge is 2.23. The minimum Gasteiger partial charge on any atom is -0.464 e. The molecule has 2 aromatic rings. The second-order valence-electron chi connectivity index (χ2n) is 9.14. The third-order valence-electron chi connectivity index (χ3n) is 6.57. The monoisotopic (exact) mass is 494 g/mol. The first-order valence-corrected chi connectivity index (χ1v) is 12.8. The number of halogens is 2. The maximum atomic E-state index is 12.3. The Labute approximate surface area is 202 Å². The van der Waals surface area contributed by atoms with Gasteiger partial charge in [0.25, 0.3) is 17.5 Å². The van der Waals surface area contributed by atoms with E-state index in [0.29, 0.717) is 22.7 Å². The van der Waals surface area contributed by atoms with Crippen molar-refractivity contribution in [2.45, 2.75) is 57.8 Å². The summed E-state index contributed by atoms with van der Waals surface area (Å²) in [6, 6.07) is 0. The molecule has 0 N–H and O–H groups in total. The minimum atomic E-state index is -2.47. The Morgan fingerprint density at radius 1 is 1.29 bits per heavy atom. The first-order valence-electron chi connectivity index (χ1n) is 12.0. The Kier molecular flexibility index (Phi) is 8.71. The maximum Gasteiger partial charge on any atom is 0.273 e. The second kappa shape index (κ2) is 11.9. The Morgan fingerprint density at radius 2 is 2.09 bits per heavy atom.